The predicted octanol–water partition coefficient (Wildman–Crippen LogP) is 1.54. The van der Waals surface area contributed by atoms with Crippen LogP contribution in [0.2, 0.25) is 0 Å². The number of carbonyl (C=O) groups excluding carboxylic acids is 2. The summed E-state index contributed by atoms with van der Waals surface area (Å²) in [5.41, 5.74) is 0.0678. The van der Waals surface area contributed by atoms with Crippen molar-refractivity contribution in [1.29, 1.82) is 0 Å². The number of esters is 1. The van der Waals surface area contributed by atoms with Crippen LogP contribution in [0.4, 0.5) is 0 Å². The van der Waals surface area contributed by atoms with Gasteiger partial charge in [0, 0.05) is 12.0 Å². The Balaban J connectivity index is 2.48. The van der Waals surface area contributed by atoms with Gasteiger partial charge in [-0.25, -0.2) is 4.79 Å². The molecule has 0 saturated carbocycles. The van der Waals surface area contributed by atoms with E-state index < -0.39 is 35.8 Å². The van der Waals surface area contributed by atoms with Crippen LogP contribution >= 0.6 is 0 Å². The predicted molar refractivity (Wildman–Crippen MR) is 93.6 cm³/mol. The number of aliphatic hydroxyl groups is 2. The number of benzene rings is 1. The van der Waals surface area contributed by atoms with Crippen LogP contribution in [0.25, 0.3) is 6.08 Å². The number of cyclic esters (lactones) is 1. The molecule has 2 rings (SSSR count). The molecule has 0 radical (unpaired) electrons. The van der Waals surface area contributed by atoms with E-state index in [1.807, 2.05) is 0 Å². The molecule has 0 aliphatic carbocycles. The van der Waals surface area contributed by atoms with E-state index in [-0.39, 0.29) is 29.2 Å². The number of aromatic hydroxyl groups is 2. The highest BCUT2D eigenvalue weighted by atomic mass is 16.5. The quantitative estimate of drug-likeness (QED) is 0.516. The van der Waals surface area contributed by atoms with E-state index >= 15 is 0 Å². The summed E-state index contributed by atoms with van der Waals surface area (Å²) >= 11 is 0. The lowest BCUT2D eigenvalue weighted by atomic mass is 9.99. The number of phenolic OH excluding ortho intramolecular Hbond substituents is 2. The molecule has 0 amide bonds. The van der Waals surface area contributed by atoms with Gasteiger partial charge >= 0.3 is 5.97 Å². The second-order valence-electron chi connectivity index (χ2n) is 6.31. The summed E-state index contributed by atoms with van der Waals surface area (Å²) < 4.78 is 5.35. The molecular formula is C19H22O7. The van der Waals surface area contributed by atoms with Crippen LogP contribution in [-0.2, 0) is 9.53 Å². The van der Waals surface area contributed by atoms with Crippen LogP contribution in [0.5, 0.6) is 11.5 Å². The Kier molecular flexibility index (Phi) is 6.18. The Hall–Kier alpha value is -2.64. The third-order valence-electron chi connectivity index (χ3n) is 4.27. The van der Waals surface area contributed by atoms with Crippen molar-refractivity contribution in [1.82, 2.24) is 0 Å². The van der Waals surface area contributed by atoms with Crippen LogP contribution in [0.15, 0.2) is 30.4 Å². The van der Waals surface area contributed by atoms with Gasteiger partial charge in [-0.15, -0.1) is 0 Å². The highest BCUT2D eigenvalue weighted by Crippen LogP contribution is 2.30. The monoisotopic (exact) mass is 362 g/mol. The molecule has 4 N–H and O–H groups in total. The Morgan fingerprint density at radius 2 is 1.77 bits per heavy atom. The zero-order valence-electron chi connectivity index (χ0n) is 14.5. The summed E-state index contributed by atoms with van der Waals surface area (Å²) in [5.74, 6) is -2.47. The normalized spacial score (nSPS) is 30.0. The number of fused-ring (bicyclic) bond motifs is 1. The number of ether oxygens (including phenoxy) is 1. The fraction of sp³-hybridized carbons (Fsp3) is 0.368. The molecule has 0 fully saturated rings. The van der Waals surface area contributed by atoms with Crippen molar-refractivity contribution >= 4 is 17.8 Å². The molecule has 0 saturated heterocycles. The topological polar surface area (TPSA) is 124 Å². The van der Waals surface area contributed by atoms with Crippen molar-refractivity contribution in [2.75, 3.05) is 0 Å². The molecule has 1 unspecified atom stereocenters. The van der Waals surface area contributed by atoms with Crippen molar-refractivity contribution in [2.45, 2.75) is 38.6 Å². The molecule has 7 nitrogen and oxygen atoms in total. The minimum Gasteiger partial charge on any atom is -0.508 e. The number of ketones is 1. The van der Waals surface area contributed by atoms with Gasteiger partial charge in [-0.1, -0.05) is 25.2 Å². The fourth-order valence-electron chi connectivity index (χ4n) is 2.48. The molecule has 4 atom stereocenters. The number of hydrogen-bond donors (Lipinski definition) is 4. The van der Waals surface area contributed by atoms with E-state index in [9.17, 15) is 30.0 Å². The first kappa shape index (κ1) is 19.7. The number of carbonyl (C=O) groups is 2. The standard InChI is InChI=1S/C19H22O7/c1-10-6-7-15(22)18(24)14(21)5-3-4-12-8-13(20)9-16(23)17(12)19(25)26-11(10)2/h3-4,6-11,14,18,20-21,23-24H,5H2,1-2H3/b4-3+,7-6-/t10-,11+,14+,18?/m1/s1. The zero-order valence-corrected chi connectivity index (χ0v) is 14.5. The van der Waals surface area contributed by atoms with Gasteiger partial charge in [-0.05, 0) is 31.1 Å². The van der Waals surface area contributed by atoms with Gasteiger partial charge in [0.15, 0.2) is 5.78 Å². The zero-order chi connectivity index (χ0) is 19.4. The average molecular weight is 362 g/mol. The summed E-state index contributed by atoms with van der Waals surface area (Å²) in [4.78, 5) is 24.4. The third-order valence-corrected chi connectivity index (χ3v) is 4.27. The van der Waals surface area contributed by atoms with Gasteiger partial charge in [0.05, 0.1) is 6.10 Å². The lowest BCUT2D eigenvalue weighted by Gasteiger charge is -2.20. The smallest absolute Gasteiger partial charge is 0.342 e. The second kappa shape index (κ2) is 8.16. The maximum Gasteiger partial charge on any atom is 0.342 e. The number of aliphatic hydroxyl groups excluding tert-OH is 2. The molecule has 0 bridgehead atoms. The number of rotatable bonds is 0. The SMILES string of the molecule is C[C@@H]1/C=C\C(=O)C(O)[C@@H](O)C/C=C/c2cc(O)cc(O)c2C(=O)O[C@H]1C. The third kappa shape index (κ3) is 4.50. The first-order valence-electron chi connectivity index (χ1n) is 8.22. The largest absolute Gasteiger partial charge is 0.508 e. The summed E-state index contributed by atoms with van der Waals surface area (Å²) in [5, 5.41) is 39.5. The summed E-state index contributed by atoms with van der Waals surface area (Å²) in [6, 6.07) is 2.29. The van der Waals surface area contributed by atoms with Gasteiger partial charge in [0.2, 0.25) is 0 Å². The Morgan fingerprint density at radius 3 is 2.46 bits per heavy atom. The van der Waals surface area contributed by atoms with Crippen molar-refractivity contribution in [3.05, 3.63) is 41.5 Å². The van der Waals surface area contributed by atoms with Crippen LogP contribution in [0.3, 0.4) is 0 Å². The van der Waals surface area contributed by atoms with Crippen molar-refractivity contribution < 1.29 is 34.8 Å². The van der Waals surface area contributed by atoms with E-state index in [0.717, 1.165) is 12.1 Å². The number of hydrogen-bond acceptors (Lipinski definition) is 7. The first-order valence-corrected chi connectivity index (χ1v) is 8.22. The Bertz CT molecular complexity index is 750. The highest BCUT2D eigenvalue weighted by molar-refractivity contribution is 5.97. The lowest BCUT2D eigenvalue weighted by Crippen LogP contribution is -2.32. The van der Waals surface area contributed by atoms with E-state index in [4.69, 9.17) is 4.74 Å². The van der Waals surface area contributed by atoms with Crippen LogP contribution in [-0.4, -0.2) is 50.5 Å². The van der Waals surface area contributed by atoms with E-state index in [1.165, 1.54) is 24.3 Å². The van der Waals surface area contributed by atoms with Gasteiger partial charge in [-0.2, -0.15) is 0 Å². The molecule has 1 aromatic carbocycles. The molecule has 7 heteroatoms. The number of phenols is 2. The molecule has 1 heterocycles. The first-order chi connectivity index (χ1) is 12.2. The molecule has 1 aliphatic heterocycles. The molecular weight excluding hydrogens is 340 g/mol. The fourth-order valence-corrected chi connectivity index (χ4v) is 2.48. The molecule has 140 valence electrons. The molecule has 26 heavy (non-hydrogen) atoms. The van der Waals surface area contributed by atoms with Crippen LogP contribution in [0, 0.1) is 5.92 Å². The van der Waals surface area contributed by atoms with Crippen molar-refractivity contribution in [3.63, 3.8) is 0 Å². The van der Waals surface area contributed by atoms with Crippen LogP contribution < -0.4 is 0 Å². The molecule has 1 aliphatic rings. The molecule has 0 spiro atoms. The summed E-state index contributed by atoms with van der Waals surface area (Å²) in [6.07, 6.45) is 1.84. The minimum absolute atomic E-state index is 0.0718. The molecule has 1 aromatic rings. The Morgan fingerprint density at radius 1 is 1.08 bits per heavy atom. The van der Waals surface area contributed by atoms with Gasteiger partial charge in [0.25, 0.3) is 0 Å². The maximum absolute atomic E-state index is 12.5. The second-order valence-corrected chi connectivity index (χ2v) is 6.31. The van der Waals surface area contributed by atoms with Gasteiger partial charge < -0.3 is 25.2 Å². The van der Waals surface area contributed by atoms with Crippen molar-refractivity contribution in [3.8, 4) is 11.5 Å². The van der Waals surface area contributed by atoms with Gasteiger partial charge in [0.1, 0.15) is 29.3 Å². The average Bonchev–Trinajstić information content (AvgIpc) is 2.56. The lowest BCUT2D eigenvalue weighted by molar-refractivity contribution is -0.127. The maximum atomic E-state index is 12.5. The molecule has 0 aromatic heterocycles. The highest BCUT2D eigenvalue weighted by Gasteiger charge is 2.25. The Labute approximate surface area is 150 Å². The van der Waals surface area contributed by atoms with E-state index in [2.05, 4.69) is 0 Å². The van der Waals surface area contributed by atoms with E-state index in [0.29, 0.717) is 0 Å². The van der Waals surface area contributed by atoms with Gasteiger partial charge in [-0.3, -0.25) is 4.79 Å². The summed E-state index contributed by atoms with van der Waals surface area (Å²) in [6.45, 7) is 3.34. The minimum atomic E-state index is -1.58. The summed E-state index contributed by atoms with van der Waals surface area (Å²) in [7, 11) is 0. The van der Waals surface area contributed by atoms with Crippen molar-refractivity contribution in [2.24, 2.45) is 5.92 Å². The van der Waals surface area contributed by atoms with E-state index in [1.54, 1.807) is 13.8 Å². The van der Waals surface area contributed by atoms with Crippen LogP contribution in [0.1, 0.15) is 36.2 Å².